The molecule has 30 heavy (non-hydrogen) atoms. The van der Waals surface area contributed by atoms with Crippen LogP contribution in [0, 0.1) is 12.7 Å². The number of rotatable bonds is 5. The van der Waals surface area contributed by atoms with Crippen LogP contribution in [0.25, 0.3) is 5.69 Å². The van der Waals surface area contributed by atoms with Crippen LogP contribution >= 0.6 is 11.8 Å². The highest BCUT2D eigenvalue weighted by atomic mass is 32.2. The number of nitrogens with zero attached hydrogens (tertiary/aromatic N) is 4. The van der Waals surface area contributed by atoms with Crippen LogP contribution in [0.2, 0.25) is 0 Å². The average Bonchev–Trinajstić information content (AvgIpc) is 3.27. The molecule has 0 spiro atoms. The van der Waals surface area contributed by atoms with Crippen LogP contribution in [0.3, 0.4) is 0 Å². The van der Waals surface area contributed by atoms with Gasteiger partial charge in [0.15, 0.2) is 5.69 Å². The molecule has 0 aliphatic carbocycles. The Balaban J connectivity index is 1.45. The lowest BCUT2D eigenvalue weighted by Gasteiger charge is -2.13. The topological polar surface area (TPSA) is 97.2 Å². The van der Waals surface area contributed by atoms with Gasteiger partial charge in [0, 0.05) is 5.69 Å². The maximum absolute atomic E-state index is 13.1. The SMILES string of the molecule is Cc1c(C(=O)Nc2ccc(CN3C(=O)CSC3=O)cc2)nnn1-c1ccc(F)cc1. The standard InChI is InChI=1S/C20H16FN5O3S/c1-12-18(23-24-26(12)16-8-4-14(21)5-9-16)19(28)22-15-6-2-13(3-7-15)10-25-17(27)11-30-20(25)29/h2-9H,10-11H2,1H3,(H,22,28). The van der Waals surface area contributed by atoms with Crippen LogP contribution in [0.15, 0.2) is 48.5 Å². The van der Waals surface area contributed by atoms with E-state index in [1.54, 1.807) is 43.3 Å². The number of anilines is 1. The third-order valence-electron chi connectivity index (χ3n) is 4.57. The van der Waals surface area contributed by atoms with Crippen molar-refractivity contribution >= 4 is 34.5 Å². The number of carbonyl (C=O) groups excluding carboxylic acids is 3. The second-order valence-electron chi connectivity index (χ2n) is 6.60. The molecule has 1 fully saturated rings. The van der Waals surface area contributed by atoms with E-state index in [0.717, 1.165) is 17.3 Å². The van der Waals surface area contributed by atoms with E-state index < -0.39 is 5.91 Å². The lowest BCUT2D eigenvalue weighted by molar-refractivity contribution is -0.125. The van der Waals surface area contributed by atoms with Gasteiger partial charge in [0.2, 0.25) is 5.91 Å². The fraction of sp³-hybridized carbons (Fsp3) is 0.150. The highest BCUT2D eigenvalue weighted by molar-refractivity contribution is 8.14. The lowest BCUT2D eigenvalue weighted by atomic mass is 10.2. The summed E-state index contributed by atoms with van der Waals surface area (Å²) in [4.78, 5) is 37.2. The number of nitrogens with one attached hydrogen (secondary N) is 1. The highest BCUT2D eigenvalue weighted by Crippen LogP contribution is 2.22. The Morgan fingerprint density at radius 3 is 2.47 bits per heavy atom. The van der Waals surface area contributed by atoms with Gasteiger partial charge in [-0.1, -0.05) is 29.1 Å². The van der Waals surface area contributed by atoms with Gasteiger partial charge in [0.25, 0.3) is 11.1 Å². The molecule has 3 aromatic rings. The molecule has 1 aliphatic heterocycles. The molecule has 0 atom stereocenters. The Hall–Kier alpha value is -3.53. The van der Waals surface area contributed by atoms with Crippen molar-refractivity contribution in [1.29, 1.82) is 0 Å². The molecule has 1 N–H and O–H groups in total. The first kappa shape index (κ1) is 19.8. The number of halogens is 1. The van der Waals surface area contributed by atoms with E-state index >= 15 is 0 Å². The number of thioether (sulfide) groups is 1. The minimum atomic E-state index is -0.435. The van der Waals surface area contributed by atoms with Gasteiger partial charge in [-0.3, -0.25) is 19.3 Å². The zero-order valence-electron chi connectivity index (χ0n) is 15.8. The zero-order valence-corrected chi connectivity index (χ0v) is 16.6. The number of imide groups is 1. The van der Waals surface area contributed by atoms with Gasteiger partial charge in [0.1, 0.15) is 5.82 Å². The highest BCUT2D eigenvalue weighted by Gasteiger charge is 2.29. The summed E-state index contributed by atoms with van der Waals surface area (Å²) in [6.07, 6.45) is 0. The van der Waals surface area contributed by atoms with E-state index in [-0.39, 0.29) is 35.0 Å². The molecule has 2 aromatic carbocycles. The summed E-state index contributed by atoms with van der Waals surface area (Å²) in [5.74, 6) is -0.836. The van der Waals surface area contributed by atoms with Gasteiger partial charge in [-0.2, -0.15) is 0 Å². The number of hydrogen-bond acceptors (Lipinski definition) is 6. The summed E-state index contributed by atoms with van der Waals surface area (Å²) < 4.78 is 14.6. The largest absolute Gasteiger partial charge is 0.321 e. The van der Waals surface area contributed by atoms with Gasteiger partial charge >= 0.3 is 0 Å². The van der Waals surface area contributed by atoms with E-state index in [4.69, 9.17) is 0 Å². The fourth-order valence-electron chi connectivity index (χ4n) is 2.97. The maximum Gasteiger partial charge on any atom is 0.289 e. The summed E-state index contributed by atoms with van der Waals surface area (Å²) >= 11 is 0.991. The molecular weight excluding hydrogens is 409 g/mol. The molecule has 0 bridgehead atoms. The predicted octanol–water partition coefficient (Wildman–Crippen LogP) is 3.16. The zero-order chi connectivity index (χ0) is 21.3. The molecular formula is C20H16FN5O3S. The Morgan fingerprint density at radius 2 is 1.83 bits per heavy atom. The van der Waals surface area contributed by atoms with Crippen LogP contribution in [0.1, 0.15) is 21.7 Å². The van der Waals surface area contributed by atoms with Crippen molar-refractivity contribution < 1.29 is 18.8 Å². The van der Waals surface area contributed by atoms with E-state index in [1.165, 1.54) is 21.7 Å². The van der Waals surface area contributed by atoms with E-state index in [2.05, 4.69) is 15.6 Å². The average molecular weight is 425 g/mol. The second kappa shape index (κ2) is 8.07. The van der Waals surface area contributed by atoms with Crippen molar-refractivity contribution in [3.63, 3.8) is 0 Å². The number of hydrogen-bond donors (Lipinski definition) is 1. The molecule has 1 aromatic heterocycles. The minimum Gasteiger partial charge on any atom is -0.321 e. The van der Waals surface area contributed by atoms with Crippen molar-refractivity contribution in [2.45, 2.75) is 13.5 Å². The van der Waals surface area contributed by atoms with Gasteiger partial charge in [-0.15, -0.1) is 5.10 Å². The molecule has 0 unspecified atom stereocenters. The normalized spacial score (nSPS) is 13.7. The van der Waals surface area contributed by atoms with Crippen molar-refractivity contribution in [2.24, 2.45) is 0 Å². The molecule has 10 heteroatoms. The summed E-state index contributed by atoms with van der Waals surface area (Å²) in [5, 5.41) is 10.4. The third kappa shape index (κ3) is 3.94. The first-order valence-corrected chi connectivity index (χ1v) is 9.96. The first-order chi connectivity index (χ1) is 14.4. The van der Waals surface area contributed by atoms with Crippen LogP contribution in [0.5, 0.6) is 0 Å². The second-order valence-corrected chi connectivity index (χ2v) is 7.52. The number of amides is 3. The number of aromatic nitrogens is 3. The predicted molar refractivity (Wildman–Crippen MR) is 109 cm³/mol. The minimum absolute atomic E-state index is 0.147. The monoisotopic (exact) mass is 425 g/mol. The Kier molecular flexibility index (Phi) is 5.32. The molecule has 152 valence electrons. The summed E-state index contributed by atoms with van der Waals surface area (Å²) in [7, 11) is 0. The van der Waals surface area contributed by atoms with Gasteiger partial charge < -0.3 is 5.32 Å². The third-order valence-corrected chi connectivity index (χ3v) is 5.43. The summed E-state index contributed by atoms with van der Waals surface area (Å²) in [6, 6.07) is 12.6. The van der Waals surface area contributed by atoms with Crippen LogP contribution < -0.4 is 5.32 Å². The Labute approximate surface area is 175 Å². The van der Waals surface area contributed by atoms with E-state index in [0.29, 0.717) is 17.1 Å². The molecule has 0 radical (unpaired) electrons. The first-order valence-electron chi connectivity index (χ1n) is 8.98. The number of benzene rings is 2. The van der Waals surface area contributed by atoms with Crippen LogP contribution in [-0.4, -0.2) is 42.7 Å². The van der Waals surface area contributed by atoms with E-state index in [9.17, 15) is 18.8 Å². The molecule has 1 aliphatic rings. The van der Waals surface area contributed by atoms with E-state index in [1.807, 2.05) is 0 Å². The Bertz CT molecular complexity index is 1110. The van der Waals surface area contributed by atoms with Gasteiger partial charge in [-0.05, 0) is 48.9 Å². The van der Waals surface area contributed by atoms with Crippen molar-refractivity contribution in [3.8, 4) is 5.69 Å². The van der Waals surface area contributed by atoms with Crippen molar-refractivity contribution in [1.82, 2.24) is 19.9 Å². The summed E-state index contributed by atoms with van der Waals surface area (Å²) in [6.45, 7) is 1.90. The molecule has 2 heterocycles. The molecule has 3 amide bonds. The molecule has 8 nitrogen and oxygen atoms in total. The molecule has 4 rings (SSSR count). The summed E-state index contributed by atoms with van der Waals surface area (Å²) in [5.41, 5.74) is 2.56. The smallest absolute Gasteiger partial charge is 0.289 e. The van der Waals surface area contributed by atoms with Crippen LogP contribution in [0.4, 0.5) is 14.9 Å². The number of carbonyl (C=O) groups is 3. The van der Waals surface area contributed by atoms with Gasteiger partial charge in [-0.25, -0.2) is 9.07 Å². The van der Waals surface area contributed by atoms with Crippen LogP contribution in [-0.2, 0) is 11.3 Å². The fourth-order valence-corrected chi connectivity index (χ4v) is 3.69. The maximum atomic E-state index is 13.1. The molecule has 1 saturated heterocycles. The lowest BCUT2D eigenvalue weighted by Crippen LogP contribution is -2.27. The Morgan fingerprint density at radius 1 is 1.13 bits per heavy atom. The molecule has 0 saturated carbocycles. The van der Waals surface area contributed by atoms with Crippen molar-refractivity contribution in [3.05, 3.63) is 71.3 Å². The van der Waals surface area contributed by atoms with Gasteiger partial charge in [0.05, 0.1) is 23.7 Å². The quantitative estimate of drug-likeness (QED) is 0.674. The van der Waals surface area contributed by atoms with Crippen molar-refractivity contribution in [2.75, 3.05) is 11.1 Å².